The zero-order valence-electron chi connectivity index (χ0n) is 36.0. The maximum atomic E-state index is 14.1. The zero-order chi connectivity index (χ0) is 41.3. The number of hydrogen-bond donors (Lipinski definition) is 3. The Bertz CT molecular complexity index is 1420. The van der Waals surface area contributed by atoms with Crippen molar-refractivity contribution in [2.24, 2.45) is 28.6 Å². The summed E-state index contributed by atoms with van der Waals surface area (Å²) >= 11 is 1.60. The number of fused-ring (bicyclic) bond motifs is 1. The van der Waals surface area contributed by atoms with Crippen LogP contribution in [-0.4, -0.2) is 57.1 Å². The molecule has 2 heterocycles. The summed E-state index contributed by atoms with van der Waals surface area (Å²) in [4.78, 5) is 56.0. The standard InChI is InChI=1S/C46H76N2O7S/c1-32-23-22-26-46(7)30-36(46)28-38(33(2)27-37-31-56-35(4)47-37)48-40(50)29-39(49)45(5,6)44(54)34(3)43(32)55-42(53)25-21-19-17-15-13-11-9-8-10-12-14-16-18-20-24-41(51)52/h27,31-32,34,36,38-39,43,49H,8-26,28-30H2,1-7H3,(H,48,50)(H,51,52)/b33-27+/t32-,34+,36+,38-,39-,43-,46-/m0/s1. The maximum Gasteiger partial charge on any atom is 0.306 e. The largest absolute Gasteiger partial charge is 0.481 e. The van der Waals surface area contributed by atoms with Crippen molar-refractivity contribution in [1.29, 1.82) is 0 Å². The molecule has 1 aromatic heterocycles. The number of thiazole rings is 1. The van der Waals surface area contributed by atoms with Gasteiger partial charge in [-0.25, -0.2) is 4.98 Å². The molecule has 3 N–H and O–H groups in total. The van der Waals surface area contributed by atoms with Gasteiger partial charge in [0.05, 0.1) is 40.6 Å². The van der Waals surface area contributed by atoms with Crippen molar-refractivity contribution < 1.29 is 34.1 Å². The fraction of sp³-hybridized carbons (Fsp3) is 0.804. The minimum atomic E-state index is -1.21. The van der Waals surface area contributed by atoms with Gasteiger partial charge in [-0.2, -0.15) is 0 Å². The molecule has 2 fully saturated rings. The number of ether oxygens (including phenoxy) is 1. The molecule has 318 valence electrons. The molecule has 1 aliphatic carbocycles. The summed E-state index contributed by atoms with van der Waals surface area (Å²) in [7, 11) is 0. The highest BCUT2D eigenvalue weighted by Crippen LogP contribution is 2.58. The molecule has 1 aromatic rings. The lowest BCUT2D eigenvalue weighted by Gasteiger charge is -2.36. The van der Waals surface area contributed by atoms with Gasteiger partial charge in [-0.05, 0) is 81.3 Å². The highest BCUT2D eigenvalue weighted by Gasteiger charge is 2.50. The normalized spacial score (nSPS) is 27.7. The zero-order valence-corrected chi connectivity index (χ0v) is 36.8. The number of aromatic nitrogens is 1. The summed E-state index contributed by atoms with van der Waals surface area (Å²) in [5.41, 5.74) is 0.892. The fourth-order valence-corrected chi connectivity index (χ4v) is 9.34. The molecule has 0 radical (unpaired) electrons. The Morgan fingerprint density at radius 1 is 0.929 bits per heavy atom. The number of nitrogens with one attached hydrogen (secondary N) is 1. The van der Waals surface area contributed by atoms with E-state index < -0.39 is 29.5 Å². The van der Waals surface area contributed by atoms with Gasteiger partial charge in [0, 0.05) is 18.2 Å². The maximum absolute atomic E-state index is 14.1. The molecule has 1 saturated carbocycles. The van der Waals surface area contributed by atoms with Crippen LogP contribution >= 0.6 is 11.3 Å². The van der Waals surface area contributed by atoms with E-state index in [-0.39, 0.29) is 47.9 Å². The number of aliphatic hydroxyl groups is 1. The number of amides is 1. The number of aryl methyl sites for hydroxylation is 1. The first-order valence-electron chi connectivity index (χ1n) is 22.1. The Morgan fingerprint density at radius 2 is 1.48 bits per heavy atom. The second-order valence-corrected chi connectivity index (χ2v) is 19.4. The molecule has 10 heteroatoms. The van der Waals surface area contributed by atoms with Gasteiger partial charge in [0.15, 0.2) is 0 Å². The topological polar surface area (TPSA) is 143 Å². The minimum Gasteiger partial charge on any atom is -0.481 e. The van der Waals surface area contributed by atoms with E-state index in [1.165, 1.54) is 51.4 Å². The minimum absolute atomic E-state index is 0.0221. The fourth-order valence-electron chi connectivity index (χ4n) is 8.77. The highest BCUT2D eigenvalue weighted by atomic mass is 32.1. The number of unbranched alkanes of at least 4 members (excludes halogenated alkanes) is 13. The number of esters is 1. The van der Waals surface area contributed by atoms with E-state index in [1.54, 1.807) is 25.2 Å². The number of carbonyl (C=O) groups is 4. The number of carboxylic acids is 1. The van der Waals surface area contributed by atoms with Gasteiger partial charge in [-0.3, -0.25) is 19.2 Å². The van der Waals surface area contributed by atoms with Gasteiger partial charge in [0.25, 0.3) is 0 Å². The molecule has 0 bridgehead atoms. The van der Waals surface area contributed by atoms with Gasteiger partial charge in [-0.15, -0.1) is 11.3 Å². The van der Waals surface area contributed by atoms with Crippen molar-refractivity contribution in [3.63, 3.8) is 0 Å². The van der Waals surface area contributed by atoms with E-state index in [2.05, 4.69) is 24.1 Å². The third-order valence-corrected chi connectivity index (χ3v) is 13.8. The first-order chi connectivity index (χ1) is 26.5. The predicted molar refractivity (Wildman–Crippen MR) is 226 cm³/mol. The predicted octanol–water partition coefficient (Wildman–Crippen LogP) is 10.8. The number of ketones is 1. The Hall–Kier alpha value is -2.59. The van der Waals surface area contributed by atoms with Crippen LogP contribution in [0, 0.1) is 35.5 Å². The molecule has 1 amide bonds. The summed E-state index contributed by atoms with van der Waals surface area (Å²) in [5.74, 6) is -1.60. The highest BCUT2D eigenvalue weighted by molar-refractivity contribution is 7.09. The Labute approximate surface area is 342 Å². The van der Waals surface area contributed by atoms with E-state index in [0.717, 1.165) is 86.9 Å². The lowest BCUT2D eigenvalue weighted by molar-refractivity contribution is -0.160. The summed E-state index contributed by atoms with van der Waals surface area (Å²) in [6.45, 7) is 13.7. The van der Waals surface area contributed by atoms with Gasteiger partial charge < -0.3 is 20.3 Å². The number of nitrogens with zero attached hydrogens (tertiary/aromatic N) is 1. The average molecular weight is 801 g/mol. The summed E-state index contributed by atoms with van der Waals surface area (Å²) in [5, 5.41) is 26.3. The van der Waals surface area contributed by atoms with Crippen LogP contribution in [0.1, 0.15) is 194 Å². The van der Waals surface area contributed by atoms with Crippen molar-refractivity contribution >= 4 is 41.0 Å². The van der Waals surface area contributed by atoms with Crippen LogP contribution in [0.3, 0.4) is 0 Å². The van der Waals surface area contributed by atoms with Crippen LogP contribution in [-0.2, 0) is 23.9 Å². The van der Waals surface area contributed by atoms with Crippen LogP contribution in [0.2, 0.25) is 0 Å². The first kappa shape index (κ1) is 47.8. The smallest absolute Gasteiger partial charge is 0.306 e. The molecule has 3 rings (SSSR count). The van der Waals surface area contributed by atoms with Crippen LogP contribution in [0.4, 0.5) is 0 Å². The van der Waals surface area contributed by atoms with E-state index in [0.29, 0.717) is 12.3 Å². The monoisotopic (exact) mass is 801 g/mol. The van der Waals surface area contributed by atoms with Crippen LogP contribution in [0.5, 0.6) is 0 Å². The molecule has 1 saturated heterocycles. The molecule has 56 heavy (non-hydrogen) atoms. The first-order valence-corrected chi connectivity index (χ1v) is 22.9. The van der Waals surface area contributed by atoms with Gasteiger partial charge in [0.1, 0.15) is 11.9 Å². The second-order valence-electron chi connectivity index (χ2n) is 18.4. The third-order valence-electron chi connectivity index (χ3n) is 13.0. The lowest BCUT2D eigenvalue weighted by atomic mass is 9.72. The SMILES string of the molecule is C/C(=C\c1csc(C)n1)[C@@H]1C[C@@H]2C[C@]2(C)CCC[C@H](C)[C@H](OC(=O)CCCCCCCCCCCCCCCCC(=O)O)[C@@H](C)C(=O)C(C)(C)[C@@H](O)CC(=O)N1. The number of carbonyl (C=O) groups excluding carboxylic acids is 3. The van der Waals surface area contributed by atoms with Gasteiger partial charge >= 0.3 is 11.9 Å². The Morgan fingerprint density at radius 3 is 2.02 bits per heavy atom. The number of hydrogen-bond acceptors (Lipinski definition) is 8. The number of aliphatic hydroxyl groups excluding tert-OH is 1. The van der Waals surface area contributed by atoms with Gasteiger partial charge in [-0.1, -0.05) is 118 Å². The number of Topliss-reactive ketones (excluding diaryl/α,β-unsaturated/α-hetero) is 1. The molecule has 9 nitrogen and oxygen atoms in total. The van der Waals surface area contributed by atoms with Crippen molar-refractivity contribution in [2.75, 3.05) is 0 Å². The summed E-state index contributed by atoms with van der Waals surface area (Å²) in [6.07, 6.45) is 21.1. The van der Waals surface area contributed by atoms with E-state index in [1.807, 2.05) is 32.2 Å². The van der Waals surface area contributed by atoms with Crippen molar-refractivity contribution in [3.8, 4) is 0 Å². The van der Waals surface area contributed by atoms with Crippen molar-refractivity contribution in [3.05, 3.63) is 21.7 Å². The van der Waals surface area contributed by atoms with Crippen molar-refractivity contribution in [1.82, 2.24) is 10.3 Å². The average Bonchev–Trinajstić information content (AvgIpc) is 3.58. The molecule has 2 aliphatic rings. The number of carboxylic acid groups (broad SMARTS) is 1. The second kappa shape index (κ2) is 23.7. The third kappa shape index (κ3) is 16.3. The van der Waals surface area contributed by atoms with Crippen LogP contribution in [0.15, 0.2) is 11.0 Å². The summed E-state index contributed by atoms with van der Waals surface area (Å²) in [6, 6.07) is -0.182. The van der Waals surface area contributed by atoms with Gasteiger partial charge in [0.2, 0.25) is 5.91 Å². The lowest BCUT2D eigenvalue weighted by Crippen LogP contribution is -2.48. The molecule has 0 unspecified atom stereocenters. The van der Waals surface area contributed by atoms with E-state index in [9.17, 15) is 24.3 Å². The molecule has 7 atom stereocenters. The molecular formula is C46H76N2O7S. The molecule has 0 aromatic carbocycles. The van der Waals surface area contributed by atoms with E-state index >= 15 is 0 Å². The number of rotatable bonds is 20. The molecular weight excluding hydrogens is 725 g/mol. The Kier molecular flexibility index (Phi) is 20.2. The van der Waals surface area contributed by atoms with E-state index in [4.69, 9.17) is 9.84 Å². The molecule has 1 aliphatic heterocycles. The van der Waals surface area contributed by atoms with Crippen LogP contribution in [0.25, 0.3) is 6.08 Å². The quantitative estimate of drug-likeness (QED) is 0.0874. The Balaban J connectivity index is 1.48. The van der Waals surface area contributed by atoms with Crippen LogP contribution < -0.4 is 5.32 Å². The van der Waals surface area contributed by atoms with Crippen molar-refractivity contribution in [2.45, 2.75) is 208 Å². The summed E-state index contributed by atoms with van der Waals surface area (Å²) < 4.78 is 6.17. The number of aliphatic carboxylic acids is 1. The molecule has 0 spiro atoms.